The summed E-state index contributed by atoms with van der Waals surface area (Å²) in [4.78, 5) is 25.0. The fourth-order valence-corrected chi connectivity index (χ4v) is 4.58. The highest BCUT2D eigenvalue weighted by Gasteiger charge is 2.23. The average Bonchev–Trinajstić information content (AvgIpc) is 2.99. The Balaban J connectivity index is 4.65. The molecule has 0 aromatic heterocycles. The highest BCUT2D eigenvalue weighted by atomic mass is 31.2. The molecule has 0 aliphatic carbocycles. The van der Waals surface area contributed by atoms with Gasteiger partial charge in [-0.1, -0.05) is 105 Å². The fraction of sp³-hybridized carbons (Fsp3) is 0.595. The molecule has 1 amide bonds. The Bertz CT molecular complexity index is 1020. The third-order valence-corrected chi connectivity index (χ3v) is 7.53. The van der Waals surface area contributed by atoms with Gasteiger partial charge in [-0.25, -0.2) is 0 Å². The molecule has 2 N–H and O–H groups in total. The van der Waals surface area contributed by atoms with Crippen molar-refractivity contribution in [1.29, 1.82) is 0 Å². The van der Waals surface area contributed by atoms with E-state index >= 15 is 0 Å². The van der Waals surface area contributed by atoms with Gasteiger partial charge in [0.25, 0.3) is 7.82 Å². The van der Waals surface area contributed by atoms with Crippen molar-refractivity contribution in [2.24, 2.45) is 0 Å². The normalized spacial score (nSPS) is 15.9. The number of hydrogen-bond acceptors (Lipinski definition) is 6. The van der Waals surface area contributed by atoms with Gasteiger partial charge in [-0.3, -0.25) is 9.36 Å². The van der Waals surface area contributed by atoms with Crippen LogP contribution in [-0.2, 0) is 18.4 Å². The third kappa shape index (κ3) is 30.3. The van der Waals surface area contributed by atoms with Crippen molar-refractivity contribution in [2.75, 3.05) is 40.9 Å². The van der Waals surface area contributed by atoms with Crippen LogP contribution in [0.2, 0.25) is 0 Å². The standard InChI is InChI=1S/C37H63N2O6P/c1-6-8-10-12-14-15-16-17-18-19-20-21-22-23-25-27-29-31-37(41)38-35(36(40)30-28-26-24-13-11-9-7-2)34-45-46(42,43)44-33-32-39(3,4)5/h8,10-11,13-15,17-18,20-21,23,25,28,30,35-36,40H,6-7,9,12,16,19,22,24,26-27,29,31-34H2,1-5H3,(H-,38,41,42,43)/b10-8-,13-11+,15-14-,18-17-,21-20-,25-23-,30-28+. The highest BCUT2D eigenvalue weighted by Crippen LogP contribution is 2.38. The summed E-state index contributed by atoms with van der Waals surface area (Å²) in [5, 5.41) is 13.5. The zero-order valence-corrected chi connectivity index (χ0v) is 30.1. The lowest BCUT2D eigenvalue weighted by Gasteiger charge is -2.29. The maximum Gasteiger partial charge on any atom is 0.268 e. The molecule has 0 heterocycles. The molecule has 0 spiro atoms. The molecule has 262 valence electrons. The van der Waals surface area contributed by atoms with E-state index < -0.39 is 26.6 Å². The van der Waals surface area contributed by atoms with Gasteiger partial charge in [0.15, 0.2) is 0 Å². The molecule has 0 rings (SSSR count). The summed E-state index contributed by atoms with van der Waals surface area (Å²) in [6.45, 7) is 4.29. The number of amides is 1. The van der Waals surface area contributed by atoms with Crippen LogP contribution in [0.3, 0.4) is 0 Å². The van der Waals surface area contributed by atoms with E-state index in [9.17, 15) is 19.4 Å². The van der Waals surface area contributed by atoms with Crippen molar-refractivity contribution >= 4 is 13.7 Å². The molecule has 0 saturated carbocycles. The first-order valence-corrected chi connectivity index (χ1v) is 18.4. The van der Waals surface area contributed by atoms with Crippen LogP contribution in [0.15, 0.2) is 85.1 Å². The van der Waals surface area contributed by atoms with Gasteiger partial charge in [0.05, 0.1) is 39.9 Å². The van der Waals surface area contributed by atoms with Crippen LogP contribution in [0.4, 0.5) is 0 Å². The number of unbranched alkanes of at least 4 members (excludes halogenated alkanes) is 3. The molecule has 9 heteroatoms. The lowest BCUT2D eigenvalue weighted by molar-refractivity contribution is -0.870. The van der Waals surface area contributed by atoms with Crippen LogP contribution in [0.5, 0.6) is 0 Å². The van der Waals surface area contributed by atoms with Gasteiger partial charge in [0, 0.05) is 6.42 Å². The van der Waals surface area contributed by atoms with Crippen LogP contribution in [0.1, 0.15) is 90.9 Å². The molecule has 0 aromatic carbocycles. The number of aliphatic hydroxyl groups excluding tert-OH is 1. The van der Waals surface area contributed by atoms with Crippen molar-refractivity contribution in [1.82, 2.24) is 5.32 Å². The Morgan fingerprint density at radius 1 is 0.783 bits per heavy atom. The van der Waals surface area contributed by atoms with Gasteiger partial charge in [0.2, 0.25) is 5.91 Å². The van der Waals surface area contributed by atoms with Gasteiger partial charge in [0.1, 0.15) is 13.2 Å². The molecule has 3 atom stereocenters. The summed E-state index contributed by atoms with van der Waals surface area (Å²) in [7, 11) is 1.18. The van der Waals surface area contributed by atoms with E-state index in [2.05, 4.69) is 92.1 Å². The molecule has 0 aliphatic heterocycles. The Hall–Kier alpha value is -2.32. The number of aliphatic hydroxyl groups is 1. The molecule has 0 radical (unpaired) electrons. The number of phosphoric acid groups is 1. The fourth-order valence-electron chi connectivity index (χ4n) is 3.85. The number of nitrogens with one attached hydrogen (secondary N) is 1. The van der Waals surface area contributed by atoms with Crippen molar-refractivity contribution in [3.63, 3.8) is 0 Å². The van der Waals surface area contributed by atoms with Crippen LogP contribution in [0, 0.1) is 0 Å². The summed E-state index contributed by atoms with van der Waals surface area (Å²) >= 11 is 0. The lowest BCUT2D eigenvalue weighted by Crippen LogP contribution is -2.45. The number of quaternary nitrogens is 1. The molecule has 0 saturated heterocycles. The van der Waals surface area contributed by atoms with Crippen LogP contribution in [0.25, 0.3) is 0 Å². The van der Waals surface area contributed by atoms with E-state index in [0.717, 1.165) is 64.2 Å². The molecule has 0 aromatic rings. The summed E-state index contributed by atoms with van der Waals surface area (Å²) in [5.41, 5.74) is 0. The molecule has 0 bridgehead atoms. The van der Waals surface area contributed by atoms with E-state index in [0.29, 0.717) is 17.4 Å². The predicted octanol–water partition coefficient (Wildman–Crippen LogP) is 7.65. The number of nitrogens with zero attached hydrogens (tertiary/aromatic N) is 1. The minimum absolute atomic E-state index is 0.0227. The largest absolute Gasteiger partial charge is 0.756 e. The second-order valence-corrected chi connectivity index (χ2v) is 13.5. The molecular weight excluding hydrogens is 599 g/mol. The predicted molar refractivity (Wildman–Crippen MR) is 191 cm³/mol. The van der Waals surface area contributed by atoms with Gasteiger partial charge >= 0.3 is 0 Å². The van der Waals surface area contributed by atoms with Gasteiger partial charge < -0.3 is 28.8 Å². The molecule has 3 unspecified atom stereocenters. The first-order chi connectivity index (χ1) is 22.0. The summed E-state index contributed by atoms with van der Waals surface area (Å²) in [6, 6.07) is -0.933. The topological polar surface area (TPSA) is 108 Å². The van der Waals surface area contributed by atoms with E-state index in [1.165, 1.54) is 0 Å². The number of hydrogen-bond donors (Lipinski definition) is 2. The molecule has 0 aliphatic rings. The van der Waals surface area contributed by atoms with Gasteiger partial charge in [-0.05, 0) is 64.2 Å². The second-order valence-electron chi connectivity index (χ2n) is 12.1. The number of carbonyl (C=O) groups is 1. The first-order valence-electron chi connectivity index (χ1n) is 16.9. The monoisotopic (exact) mass is 662 g/mol. The third-order valence-electron chi connectivity index (χ3n) is 6.57. The van der Waals surface area contributed by atoms with Crippen molar-refractivity contribution < 1.29 is 32.9 Å². The molecular formula is C37H63N2O6P. The highest BCUT2D eigenvalue weighted by molar-refractivity contribution is 7.45. The second kappa shape index (κ2) is 28.9. The van der Waals surface area contributed by atoms with Crippen molar-refractivity contribution in [2.45, 2.75) is 103 Å². The van der Waals surface area contributed by atoms with E-state index in [1.54, 1.807) is 6.08 Å². The van der Waals surface area contributed by atoms with E-state index in [1.807, 2.05) is 27.2 Å². The van der Waals surface area contributed by atoms with E-state index in [-0.39, 0.29) is 18.9 Å². The van der Waals surface area contributed by atoms with Crippen LogP contribution >= 0.6 is 7.82 Å². The minimum Gasteiger partial charge on any atom is -0.756 e. The SMILES string of the molecule is CC/C=C\C/C=C\C/C=C\C/C=C\C/C=C\CCCC(=O)NC(COP(=O)([O-])OCC[N+](C)(C)C)C(O)/C=C/CC/C=C/CCC. The van der Waals surface area contributed by atoms with Crippen LogP contribution < -0.4 is 10.2 Å². The Morgan fingerprint density at radius 3 is 1.87 bits per heavy atom. The average molecular weight is 663 g/mol. The number of rotatable bonds is 28. The summed E-state index contributed by atoms with van der Waals surface area (Å²) < 4.78 is 22.9. The molecule has 8 nitrogen and oxygen atoms in total. The number of phosphoric ester groups is 1. The van der Waals surface area contributed by atoms with Crippen molar-refractivity contribution in [3.05, 3.63) is 85.1 Å². The number of carbonyl (C=O) groups excluding carboxylic acids is 1. The van der Waals surface area contributed by atoms with E-state index in [4.69, 9.17) is 9.05 Å². The number of likely N-dealkylation sites (N-methyl/N-ethyl adjacent to an activating group) is 1. The zero-order chi connectivity index (χ0) is 34.4. The van der Waals surface area contributed by atoms with Gasteiger partial charge in [-0.2, -0.15) is 0 Å². The Kier molecular flexibility index (Phi) is 27.4. The maximum atomic E-state index is 12.7. The molecule has 0 fully saturated rings. The smallest absolute Gasteiger partial charge is 0.268 e. The summed E-state index contributed by atoms with van der Waals surface area (Å²) in [6.07, 6.45) is 38.1. The lowest BCUT2D eigenvalue weighted by atomic mass is 10.1. The Morgan fingerprint density at radius 2 is 1.30 bits per heavy atom. The van der Waals surface area contributed by atoms with Crippen molar-refractivity contribution in [3.8, 4) is 0 Å². The van der Waals surface area contributed by atoms with Crippen LogP contribution in [-0.4, -0.2) is 68.5 Å². The minimum atomic E-state index is -4.60. The Labute approximate surface area is 280 Å². The molecule has 46 heavy (non-hydrogen) atoms. The zero-order valence-electron chi connectivity index (χ0n) is 29.2. The number of allylic oxidation sites excluding steroid dienone is 13. The maximum absolute atomic E-state index is 12.7. The summed E-state index contributed by atoms with van der Waals surface area (Å²) in [5.74, 6) is -0.275. The first kappa shape index (κ1) is 43.7. The van der Waals surface area contributed by atoms with Gasteiger partial charge in [-0.15, -0.1) is 0 Å². The quantitative estimate of drug-likeness (QED) is 0.0386.